The van der Waals surface area contributed by atoms with Crippen molar-refractivity contribution < 1.29 is 13.2 Å². The van der Waals surface area contributed by atoms with E-state index in [4.69, 9.17) is 4.42 Å². The molecule has 1 heterocycles. The zero-order valence-corrected chi connectivity index (χ0v) is 15.4. The van der Waals surface area contributed by atoms with E-state index in [1.807, 2.05) is 0 Å². The van der Waals surface area contributed by atoms with Crippen molar-refractivity contribution in [2.24, 2.45) is 5.41 Å². The molecule has 0 spiro atoms. The maximum atomic E-state index is 14.0. The molecule has 0 aliphatic heterocycles. The first-order valence-electron chi connectivity index (χ1n) is 9.86. The second kappa shape index (κ2) is 6.75. The third-order valence-electron chi connectivity index (χ3n) is 6.77. The van der Waals surface area contributed by atoms with Gasteiger partial charge >= 0.3 is 0 Å². The van der Waals surface area contributed by atoms with Crippen LogP contribution in [0.1, 0.15) is 77.0 Å². The highest BCUT2D eigenvalue weighted by atomic mass is 19.1. The number of unbranched alkanes of at least 4 members (excludes halogenated alkanes) is 2. The molecule has 1 aromatic heterocycles. The minimum absolute atomic E-state index is 0.0460. The zero-order chi connectivity index (χ0) is 18.2. The fourth-order valence-corrected chi connectivity index (χ4v) is 4.95. The van der Waals surface area contributed by atoms with E-state index in [1.165, 1.54) is 63.1 Å². The first-order chi connectivity index (χ1) is 12.6. The van der Waals surface area contributed by atoms with Crippen LogP contribution in [0.4, 0.5) is 8.78 Å². The lowest BCUT2D eigenvalue weighted by atomic mass is 9.52. The van der Waals surface area contributed by atoms with Crippen LogP contribution in [0.25, 0.3) is 11.5 Å². The molecule has 26 heavy (non-hydrogen) atoms. The summed E-state index contributed by atoms with van der Waals surface area (Å²) in [6.07, 6.45) is 11.9. The second-order valence-corrected chi connectivity index (χ2v) is 8.25. The number of fused-ring (bicyclic) bond motifs is 3. The molecule has 5 heteroatoms. The molecular formula is C21H26F2N2O. The predicted octanol–water partition coefficient (Wildman–Crippen LogP) is 6.19. The van der Waals surface area contributed by atoms with Crippen LogP contribution in [-0.4, -0.2) is 10.2 Å². The number of rotatable bonds is 6. The number of aromatic nitrogens is 2. The van der Waals surface area contributed by atoms with Gasteiger partial charge in [0, 0.05) is 5.41 Å². The van der Waals surface area contributed by atoms with E-state index in [-0.39, 0.29) is 16.9 Å². The molecule has 2 bridgehead atoms. The average molecular weight is 360 g/mol. The molecule has 3 fully saturated rings. The Bertz CT molecular complexity index is 741. The summed E-state index contributed by atoms with van der Waals surface area (Å²) < 4.78 is 33.8. The standard InChI is InChI=1S/C21H26F2N2O/c1-2-3-4-8-20-9-12-21(13-10-20,14-11-20)19-25-24-18(26-19)17-15(22)6-5-7-16(17)23/h5-7H,2-4,8-14H2,1H3. The Balaban J connectivity index is 1.53. The first-order valence-corrected chi connectivity index (χ1v) is 9.86. The lowest BCUT2D eigenvalue weighted by molar-refractivity contribution is 0.0177. The summed E-state index contributed by atoms with van der Waals surface area (Å²) in [7, 11) is 0. The molecule has 3 aliphatic carbocycles. The maximum Gasteiger partial charge on any atom is 0.253 e. The van der Waals surface area contributed by atoms with Crippen LogP contribution < -0.4 is 0 Å². The van der Waals surface area contributed by atoms with Gasteiger partial charge in [-0.15, -0.1) is 10.2 Å². The summed E-state index contributed by atoms with van der Waals surface area (Å²) >= 11 is 0. The van der Waals surface area contributed by atoms with Gasteiger partial charge in [-0.3, -0.25) is 0 Å². The first kappa shape index (κ1) is 17.6. The van der Waals surface area contributed by atoms with E-state index >= 15 is 0 Å². The molecular weight excluding hydrogens is 334 g/mol. The summed E-state index contributed by atoms with van der Waals surface area (Å²) in [5.74, 6) is -0.813. The monoisotopic (exact) mass is 360 g/mol. The maximum absolute atomic E-state index is 14.0. The van der Waals surface area contributed by atoms with Gasteiger partial charge < -0.3 is 4.42 Å². The molecule has 2 aromatic rings. The van der Waals surface area contributed by atoms with Crippen molar-refractivity contribution >= 4 is 0 Å². The van der Waals surface area contributed by atoms with Crippen LogP contribution >= 0.6 is 0 Å². The van der Waals surface area contributed by atoms with Crippen LogP contribution in [0.15, 0.2) is 22.6 Å². The van der Waals surface area contributed by atoms with E-state index in [0.717, 1.165) is 19.3 Å². The van der Waals surface area contributed by atoms with Crippen molar-refractivity contribution in [2.45, 2.75) is 76.5 Å². The number of nitrogens with zero attached hydrogens (tertiary/aromatic N) is 2. The summed E-state index contributed by atoms with van der Waals surface area (Å²) in [5.41, 5.74) is 0.180. The van der Waals surface area contributed by atoms with Crippen molar-refractivity contribution in [2.75, 3.05) is 0 Å². The summed E-state index contributed by atoms with van der Waals surface area (Å²) in [6.45, 7) is 2.25. The number of hydrogen-bond donors (Lipinski definition) is 0. The summed E-state index contributed by atoms with van der Waals surface area (Å²) in [5, 5.41) is 8.19. The molecule has 1 aromatic carbocycles. The van der Waals surface area contributed by atoms with Gasteiger partial charge in [-0.25, -0.2) is 8.78 Å². The highest BCUT2D eigenvalue weighted by Crippen LogP contribution is 2.59. The Morgan fingerprint density at radius 1 is 0.962 bits per heavy atom. The molecule has 3 nitrogen and oxygen atoms in total. The van der Waals surface area contributed by atoms with Crippen LogP contribution in [0.3, 0.4) is 0 Å². The number of halogens is 2. The average Bonchev–Trinajstić information content (AvgIpc) is 3.14. The Morgan fingerprint density at radius 3 is 2.23 bits per heavy atom. The van der Waals surface area contributed by atoms with Crippen molar-refractivity contribution in [3.05, 3.63) is 35.7 Å². The van der Waals surface area contributed by atoms with Crippen molar-refractivity contribution in [3.8, 4) is 11.5 Å². The highest BCUT2D eigenvalue weighted by molar-refractivity contribution is 5.54. The van der Waals surface area contributed by atoms with E-state index in [0.29, 0.717) is 11.3 Å². The molecule has 0 atom stereocenters. The fraction of sp³-hybridized carbons (Fsp3) is 0.619. The van der Waals surface area contributed by atoms with Crippen LogP contribution in [-0.2, 0) is 5.41 Å². The lowest BCUT2D eigenvalue weighted by Gasteiger charge is -2.52. The molecule has 0 unspecified atom stereocenters. The molecule has 0 saturated heterocycles. The highest BCUT2D eigenvalue weighted by Gasteiger charge is 2.51. The largest absolute Gasteiger partial charge is 0.420 e. The van der Waals surface area contributed by atoms with Gasteiger partial charge in [-0.2, -0.15) is 0 Å². The number of hydrogen-bond acceptors (Lipinski definition) is 3. The van der Waals surface area contributed by atoms with Crippen molar-refractivity contribution in [1.29, 1.82) is 0 Å². The van der Waals surface area contributed by atoms with E-state index < -0.39 is 11.6 Å². The van der Waals surface area contributed by atoms with Crippen LogP contribution in [0, 0.1) is 17.0 Å². The number of benzene rings is 1. The molecule has 3 aliphatic rings. The second-order valence-electron chi connectivity index (χ2n) is 8.25. The fourth-order valence-electron chi connectivity index (χ4n) is 4.95. The molecule has 3 saturated carbocycles. The van der Waals surface area contributed by atoms with Gasteiger partial charge in [0.2, 0.25) is 5.89 Å². The van der Waals surface area contributed by atoms with Gasteiger partial charge in [0.25, 0.3) is 5.89 Å². The molecule has 5 rings (SSSR count). The molecule has 0 radical (unpaired) electrons. The van der Waals surface area contributed by atoms with Gasteiger partial charge in [0.05, 0.1) is 0 Å². The summed E-state index contributed by atoms with van der Waals surface area (Å²) in [6, 6.07) is 3.77. The predicted molar refractivity (Wildman–Crippen MR) is 95.6 cm³/mol. The Hall–Kier alpha value is -1.78. The molecule has 0 amide bonds. The van der Waals surface area contributed by atoms with Crippen molar-refractivity contribution in [1.82, 2.24) is 10.2 Å². The Labute approximate surface area is 153 Å². The minimum atomic E-state index is -0.667. The third-order valence-corrected chi connectivity index (χ3v) is 6.77. The SMILES string of the molecule is CCCCCC12CCC(c3nnc(-c4c(F)cccc4F)o3)(CC1)CC2. The third kappa shape index (κ3) is 2.95. The minimum Gasteiger partial charge on any atom is -0.420 e. The normalized spacial score (nSPS) is 27.8. The summed E-state index contributed by atoms with van der Waals surface area (Å²) in [4.78, 5) is 0. The smallest absolute Gasteiger partial charge is 0.253 e. The lowest BCUT2D eigenvalue weighted by Crippen LogP contribution is -2.44. The van der Waals surface area contributed by atoms with Crippen LogP contribution in [0.2, 0.25) is 0 Å². The zero-order valence-electron chi connectivity index (χ0n) is 15.4. The van der Waals surface area contributed by atoms with Crippen molar-refractivity contribution in [3.63, 3.8) is 0 Å². The molecule has 0 N–H and O–H groups in total. The van der Waals surface area contributed by atoms with Crippen LogP contribution in [0.5, 0.6) is 0 Å². The topological polar surface area (TPSA) is 38.9 Å². The Morgan fingerprint density at radius 2 is 1.62 bits per heavy atom. The van der Waals surface area contributed by atoms with Gasteiger partial charge in [0.15, 0.2) is 0 Å². The Kier molecular flexibility index (Phi) is 4.57. The van der Waals surface area contributed by atoms with E-state index in [2.05, 4.69) is 17.1 Å². The van der Waals surface area contributed by atoms with E-state index in [9.17, 15) is 8.78 Å². The van der Waals surface area contributed by atoms with Gasteiger partial charge in [-0.1, -0.05) is 32.3 Å². The van der Waals surface area contributed by atoms with Gasteiger partial charge in [-0.05, 0) is 62.5 Å². The quantitative estimate of drug-likeness (QED) is 0.577. The van der Waals surface area contributed by atoms with Gasteiger partial charge in [0.1, 0.15) is 17.2 Å². The molecule has 140 valence electrons. The van der Waals surface area contributed by atoms with E-state index in [1.54, 1.807) is 0 Å².